The molecular formula is C52H75N9O13Si2. The summed E-state index contributed by atoms with van der Waals surface area (Å²) in [5, 5.41) is 28.4. The largest absolute Gasteiger partial charge is 0.472 e. The lowest BCUT2D eigenvalue weighted by Crippen LogP contribution is -2.35. The topological polar surface area (TPSA) is 302 Å². The molecule has 4 rings (SSSR count). The second-order valence-corrected chi connectivity index (χ2v) is 28.1. The fourth-order valence-electron chi connectivity index (χ4n) is 8.55. The van der Waals surface area contributed by atoms with E-state index in [9.17, 15) is 38.4 Å². The van der Waals surface area contributed by atoms with Gasteiger partial charge >= 0.3 is 17.9 Å². The van der Waals surface area contributed by atoms with Gasteiger partial charge in [-0.2, -0.15) is 5.06 Å². The lowest BCUT2D eigenvalue weighted by molar-refractivity contribution is -0.193. The molecule has 0 unspecified atom stereocenters. The molecule has 3 aliphatic rings. The third-order valence-corrected chi connectivity index (χ3v) is 21.5. The molecule has 0 radical (unpaired) electrons. The Morgan fingerprint density at radius 3 is 1.30 bits per heavy atom. The van der Waals surface area contributed by atoms with Crippen LogP contribution in [-0.4, -0.2) is 117 Å². The van der Waals surface area contributed by atoms with Gasteiger partial charge in [-0.3, -0.25) is 38.7 Å². The second-order valence-electron chi connectivity index (χ2n) is 18.9. The summed E-state index contributed by atoms with van der Waals surface area (Å²) in [7, 11) is -3.24. The molecule has 0 atom stereocenters. The van der Waals surface area contributed by atoms with Gasteiger partial charge in [0.05, 0.1) is 22.3 Å². The molecular weight excluding hydrogens is 1010 g/mol. The maximum absolute atomic E-state index is 12.2. The van der Waals surface area contributed by atoms with Crippen molar-refractivity contribution in [2.75, 3.05) is 6.54 Å². The highest BCUT2D eigenvalue weighted by Gasteiger charge is 2.36. The van der Waals surface area contributed by atoms with Crippen LogP contribution in [0, 0.1) is 24.7 Å². The highest BCUT2D eigenvalue weighted by Crippen LogP contribution is 2.36. The number of carbonyl (C=O) groups is 9. The van der Waals surface area contributed by atoms with Gasteiger partial charge in [0.1, 0.15) is 0 Å². The number of aryl methyl sites for hydroxylation is 1. The van der Waals surface area contributed by atoms with Gasteiger partial charge in [-0.25, -0.2) is 14.4 Å². The van der Waals surface area contributed by atoms with Crippen molar-refractivity contribution in [2.24, 2.45) is 5.11 Å². The number of terminal acetylenes is 2. The number of hydrogen-bond donors (Lipinski definition) is 2. The maximum Gasteiger partial charge on any atom is 0.408 e. The number of rotatable bonds is 23. The number of carboxylic acid groups (broad SMARTS) is 1. The summed E-state index contributed by atoms with van der Waals surface area (Å²) in [6, 6.07) is 8.63. The van der Waals surface area contributed by atoms with Crippen LogP contribution in [0.4, 0.5) is 0 Å². The number of carbonyl (C=O) groups excluding carboxylic acids is 8. The Balaban J connectivity index is 0. The maximum atomic E-state index is 12.2. The van der Waals surface area contributed by atoms with Crippen LogP contribution in [0.5, 0.6) is 0 Å². The van der Waals surface area contributed by atoms with Crippen molar-refractivity contribution >= 4 is 69.5 Å². The lowest BCUT2D eigenvalue weighted by atomic mass is 10.4. The van der Waals surface area contributed by atoms with Crippen LogP contribution in [-0.2, 0) is 54.6 Å². The van der Waals surface area contributed by atoms with E-state index in [1.54, 1.807) is 10.6 Å². The van der Waals surface area contributed by atoms with E-state index < -0.39 is 69.5 Å². The molecule has 3 aliphatic heterocycles. The molecule has 0 spiro atoms. The van der Waals surface area contributed by atoms with E-state index in [0.29, 0.717) is 23.2 Å². The summed E-state index contributed by atoms with van der Waals surface area (Å²) in [4.78, 5) is 109. The summed E-state index contributed by atoms with van der Waals surface area (Å²) in [6.07, 6.45) is 12.8. The Kier molecular flexibility index (Phi) is 32.8. The van der Waals surface area contributed by atoms with Gasteiger partial charge in [-0.05, 0) is 89.8 Å². The van der Waals surface area contributed by atoms with Crippen molar-refractivity contribution in [1.29, 1.82) is 0 Å². The van der Waals surface area contributed by atoms with Gasteiger partial charge in [0.25, 0.3) is 35.4 Å². The third kappa shape index (κ3) is 28.1. The van der Waals surface area contributed by atoms with Crippen molar-refractivity contribution in [3.8, 4) is 24.7 Å². The zero-order valence-corrected chi connectivity index (χ0v) is 46.1. The van der Waals surface area contributed by atoms with E-state index >= 15 is 0 Å². The van der Waals surface area contributed by atoms with Crippen LogP contribution in [0.25, 0.3) is 10.4 Å². The molecule has 3 saturated heterocycles. The van der Waals surface area contributed by atoms with Crippen LogP contribution in [0.1, 0.15) is 111 Å². The van der Waals surface area contributed by atoms with Crippen LogP contribution in [0.15, 0.2) is 84.2 Å². The zero-order chi connectivity index (χ0) is 57.6. The number of hydroxylamine groups is 6. The minimum atomic E-state index is -1.73. The van der Waals surface area contributed by atoms with Crippen LogP contribution in [0.2, 0.25) is 48.4 Å². The number of aliphatic carboxylic acids is 1. The number of aromatic nitrogens is 3. The fraction of sp³-hybridized carbons (Fsp3) is 0.481. The van der Waals surface area contributed by atoms with Gasteiger partial charge in [0.2, 0.25) is 0 Å². The predicted molar refractivity (Wildman–Crippen MR) is 291 cm³/mol. The Morgan fingerprint density at radius 2 is 1.00 bits per heavy atom. The van der Waals surface area contributed by atoms with E-state index in [1.807, 2.05) is 0 Å². The standard InChI is InChI=1S/C22H32N4O4Si.C15H27N3Si.C7H5NO4.C4H5NO3.C3H2O2.CH4/c1-16(2)13-31(14-17(3)4,15-18(5)6)11-7-10-25-12-19(23-24-25)22(29)30-26-20(27)8-9-21(26)28;1-13(2)10-19(11-14(3)4,12-15(5)6)9-7-8-17-18-16;1-2-7(11)12-8-5(9)3-4-6(8)10;6-3-1-2-4(7)5(3)8;1-2-3(4)5;/h12H,1,3,5,7-11,13-15H2,2,4,6H3;1,3,5,7-12H2,2,4,6H3;1H,3-4H2;8H,1-2H2;1H,(H,4,5);1H4. The first-order chi connectivity index (χ1) is 35.0. The molecule has 4 heterocycles. The fourth-order valence-corrected chi connectivity index (χ4v) is 19.9. The molecule has 24 heteroatoms. The van der Waals surface area contributed by atoms with Crippen LogP contribution < -0.4 is 0 Å². The summed E-state index contributed by atoms with van der Waals surface area (Å²) in [6.45, 7) is 38.4. The Hall–Kier alpha value is -7.77. The van der Waals surface area contributed by atoms with Crippen molar-refractivity contribution in [2.45, 2.75) is 155 Å². The number of hydrogen-bond acceptors (Lipinski definition) is 15. The molecule has 0 saturated carbocycles. The first kappa shape index (κ1) is 70.3. The van der Waals surface area contributed by atoms with Crippen molar-refractivity contribution in [3.05, 3.63) is 95.2 Å². The highest BCUT2D eigenvalue weighted by atomic mass is 28.3. The summed E-state index contributed by atoms with van der Waals surface area (Å²) < 4.78 is 1.59. The predicted octanol–water partition coefficient (Wildman–Crippen LogP) is 9.02. The molecule has 1 aromatic rings. The van der Waals surface area contributed by atoms with Gasteiger partial charge < -0.3 is 14.8 Å². The van der Waals surface area contributed by atoms with Gasteiger partial charge in [-0.1, -0.05) is 69.7 Å². The van der Waals surface area contributed by atoms with Crippen molar-refractivity contribution < 1.29 is 63.1 Å². The van der Waals surface area contributed by atoms with Gasteiger partial charge in [-0.15, -0.1) is 67.5 Å². The normalized spacial score (nSPS) is 13.5. The quantitative estimate of drug-likeness (QED) is 0.0119. The molecule has 3 fully saturated rings. The average Bonchev–Trinajstić information content (AvgIpc) is 4.06. The number of azide groups is 1. The highest BCUT2D eigenvalue weighted by molar-refractivity contribution is 6.82. The Labute approximate surface area is 448 Å². The molecule has 76 heavy (non-hydrogen) atoms. The Morgan fingerprint density at radius 1 is 0.658 bits per heavy atom. The molecule has 414 valence electrons. The molecule has 1 aromatic heterocycles. The van der Waals surface area contributed by atoms with E-state index in [1.165, 1.54) is 45.6 Å². The summed E-state index contributed by atoms with van der Waals surface area (Å²) in [5.74, 6) is -3.20. The third-order valence-electron chi connectivity index (χ3n) is 10.6. The number of allylic oxidation sites excluding steroid dienone is 6. The molecule has 0 aromatic carbocycles. The van der Waals surface area contributed by atoms with E-state index in [4.69, 9.17) is 25.5 Å². The molecule has 6 amide bonds. The van der Waals surface area contributed by atoms with Crippen molar-refractivity contribution in [1.82, 2.24) is 30.2 Å². The van der Waals surface area contributed by atoms with E-state index in [-0.39, 0.29) is 56.7 Å². The molecule has 0 bridgehead atoms. The van der Waals surface area contributed by atoms with Gasteiger partial charge in [0.15, 0.2) is 5.69 Å². The lowest BCUT2D eigenvalue weighted by Gasteiger charge is -2.33. The summed E-state index contributed by atoms with van der Waals surface area (Å²) >= 11 is 0. The van der Waals surface area contributed by atoms with E-state index in [2.05, 4.69) is 119 Å². The molecule has 22 nitrogen and oxygen atoms in total. The first-order valence-corrected chi connectivity index (χ1v) is 29.3. The number of nitrogens with zero attached hydrogens (tertiary/aromatic N) is 9. The number of amides is 6. The monoisotopic (exact) mass is 1090 g/mol. The summed E-state index contributed by atoms with van der Waals surface area (Å²) in [5.41, 5.74) is 15.6. The molecule has 2 N–H and O–H groups in total. The average molecular weight is 1090 g/mol. The minimum absolute atomic E-state index is 0. The smallest absolute Gasteiger partial charge is 0.408 e. The molecule has 0 aliphatic carbocycles. The van der Waals surface area contributed by atoms with E-state index in [0.717, 1.165) is 61.2 Å². The van der Waals surface area contributed by atoms with Crippen LogP contribution >= 0.6 is 0 Å². The number of imide groups is 3. The SMILES string of the molecule is C.C#CC(=O)O.C#CC(=O)ON1C(=O)CCC1=O.C=C(C)C[Si](CCCN=[N+]=[N-])(CC(=C)C)CC(=C)C.C=C(C)C[Si](CCCn1cc(C(=O)ON2C(=O)CCC2=O)nn1)(CC(=C)C)CC(=C)C.O=C1CCC(=O)N1O. The Bertz CT molecular complexity index is 2380. The van der Waals surface area contributed by atoms with Crippen LogP contribution in [0.3, 0.4) is 0 Å². The van der Waals surface area contributed by atoms with Gasteiger partial charge in [0, 0.05) is 68.4 Å². The zero-order valence-electron chi connectivity index (χ0n) is 44.1. The first-order valence-electron chi connectivity index (χ1n) is 23.6. The van der Waals surface area contributed by atoms with Crippen molar-refractivity contribution in [3.63, 3.8) is 0 Å². The number of carboxylic acids is 1. The minimum Gasteiger partial charge on any atom is -0.472 e. The second kappa shape index (κ2) is 35.4.